The summed E-state index contributed by atoms with van der Waals surface area (Å²) in [4.78, 5) is 32.5. The van der Waals surface area contributed by atoms with Crippen LogP contribution in [0.25, 0.3) is 0 Å². The molecule has 1 saturated carbocycles. The number of carbonyl (C=O) groups excluding carboxylic acids is 2. The van der Waals surface area contributed by atoms with Gasteiger partial charge in [-0.3, -0.25) is 9.59 Å². The van der Waals surface area contributed by atoms with Gasteiger partial charge >= 0.3 is 0 Å². The first-order valence-corrected chi connectivity index (χ1v) is 11.5. The van der Waals surface area contributed by atoms with Crippen LogP contribution >= 0.6 is 11.3 Å². The number of amides is 2. The maximum Gasteiger partial charge on any atom is 0.254 e. The van der Waals surface area contributed by atoms with Gasteiger partial charge in [0.2, 0.25) is 5.91 Å². The van der Waals surface area contributed by atoms with Crippen LogP contribution in [0.5, 0.6) is 0 Å². The maximum absolute atomic E-state index is 13.1. The van der Waals surface area contributed by atoms with E-state index in [1.54, 1.807) is 11.3 Å². The van der Waals surface area contributed by atoms with Crippen LogP contribution in [0.15, 0.2) is 16.8 Å². The topological polar surface area (TPSA) is 43.9 Å². The highest BCUT2D eigenvalue weighted by atomic mass is 32.1. The first-order chi connectivity index (χ1) is 13.2. The second-order valence-corrected chi connectivity index (χ2v) is 9.05. The fraction of sp³-hybridized carbons (Fsp3) is 0.714. The van der Waals surface area contributed by atoms with E-state index in [0.717, 1.165) is 50.9 Å². The Labute approximate surface area is 166 Å². The quantitative estimate of drug-likeness (QED) is 0.751. The first-order valence-electron chi connectivity index (χ1n) is 10.6. The summed E-state index contributed by atoms with van der Waals surface area (Å²) in [7, 11) is 0. The van der Waals surface area contributed by atoms with Crippen molar-refractivity contribution in [2.45, 2.75) is 51.0 Å². The third-order valence-electron chi connectivity index (χ3n) is 6.49. The highest BCUT2D eigenvalue weighted by molar-refractivity contribution is 7.08. The Morgan fingerprint density at radius 1 is 1.07 bits per heavy atom. The second-order valence-electron chi connectivity index (χ2n) is 8.27. The summed E-state index contributed by atoms with van der Waals surface area (Å²) in [5.74, 6) is 0.693. The standard InChI is InChI=1S/C21H31N3O2S/c25-20(18-8-14-27-16-18)23-11-4-7-19(15-23)24(21(26)17-5-3-6-17)13-12-22-9-1-2-10-22/h8,14,16-17,19H,1-7,9-13,15H2. The maximum atomic E-state index is 13.1. The molecule has 1 aromatic rings. The number of hydrogen-bond donors (Lipinski definition) is 0. The minimum Gasteiger partial charge on any atom is -0.337 e. The van der Waals surface area contributed by atoms with E-state index in [9.17, 15) is 9.59 Å². The van der Waals surface area contributed by atoms with Crippen molar-refractivity contribution >= 4 is 23.2 Å². The molecule has 2 amide bonds. The molecule has 2 aliphatic heterocycles. The molecule has 1 aromatic heterocycles. The van der Waals surface area contributed by atoms with Gasteiger partial charge in [-0.15, -0.1) is 0 Å². The van der Waals surface area contributed by atoms with Gasteiger partial charge in [0, 0.05) is 43.5 Å². The Bertz CT molecular complexity index is 638. The SMILES string of the molecule is O=C(c1ccsc1)N1CCCC(N(CCN2CCCC2)C(=O)C2CCC2)C1. The number of thiophene rings is 1. The molecule has 27 heavy (non-hydrogen) atoms. The summed E-state index contributed by atoms with van der Waals surface area (Å²) in [6, 6.07) is 2.08. The van der Waals surface area contributed by atoms with Crippen molar-refractivity contribution in [1.82, 2.24) is 14.7 Å². The zero-order valence-electron chi connectivity index (χ0n) is 16.1. The van der Waals surface area contributed by atoms with Crippen LogP contribution < -0.4 is 0 Å². The van der Waals surface area contributed by atoms with Crippen molar-refractivity contribution in [3.63, 3.8) is 0 Å². The third kappa shape index (κ3) is 4.37. The molecular formula is C21H31N3O2S. The van der Waals surface area contributed by atoms with Crippen LogP contribution in [0.3, 0.4) is 0 Å². The van der Waals surface area contributed by atoms with Crippen molar-refractivity contribution in [2.75, 3.05) is 39.3 Å². The van der Waals surface area contributed by atoms with Gasteiger partial charge in [0.1, 0.15) is 0 Å². The summed E-state index contributed by atoms with van der Waals surface area (Å²) >= 11 is 1.56. The molecule has 0 radical (unpaired) electrons. The van der Waals surface area contributed by atoms with Crippen molar-refractivity contribution < 1.29 is 9.59 Å². The van der Waals surface area contributed by atoms with Crippen LogP contribution in [0, 0.1) is 5.92 Å². The number of hydrogen-bond acceptors (Lipinski definition) is 4. The van der Waals surface area contributed by atoms with E-state index in [2.05, 4.69) is 9.80 Å². The number of piperidine rings is 1. The molecule has 0 N–H and O–H groups in total. The average molecular weight is 390 g/mol. The summed E-state index contributed by atoms with van der Waals surface area (Å²) in [6.07, 6.45) is 7.84. The third-order valence-corrected chi connectivity index (χ3v) is 7.17. The highest BCUT2D eigenvalue weighted by Crippen LogP contribution is 2.30. The van der Waals surface area contributed by atoms with Gasteiger partial charge in [0.15, 0.2) is 0 Å². The van der Waals surface area contributed by atoms with E-state index >= 15 is 0 Å². The van der Waals surface area contributed by atoms with Crippen molar-refractivity contribution in [1.29, 1.82) is 0 Å². The van der Waals surface area contributed by atoms with Crippen LogP contribution in [0.2, 0.25) is 0 Å². The van der Waals surface area contributed by atoms with Crippen molar-refractivity contribution in [3.8, 4) is 0 Å². The van der Waals surface area contributed by atoms with Gasteiger partial charge in [-0.2, -0.15) is 11.3 Å². The largest absolute Gasteiger partial charge is 0.337 e. The molecule has 4 rings (SSSR count). The lowest BCUT2D eigenvalue weighted by molar-refractivity contribution is -0.141. The van der Waals surface area contributed by atoms with Gasteiger partial charge in [-0.25, -0.2) is 0 Å². The molecule has 3 aliphatic rings. The molecular weight excluding hydrogens is 358 g/mol. The van der Waals surface area contributed by atoms with Crippen molar-refractivity contribution in [2.24, 2.45) is 5.92 Å². The summed E-state index contributed by atoms with van der Waals surface area (Å²) < 4.78 is 0. The fourth-order valence-electron chi connectivity index (χ4n) is 4.58. The van der Waals surface area contributed by atoms with Crippen LogP contribution in [-0.4, -0.2) is 71.8 Å². The van der Waals surface area contributed by atoms with E-state index in [-0.39, 0.29) is 17.9 Å². The fourth-order valence-corrected chi connectivity index (χ4v) is 5.21. The Kier molecular flexibility index (Phi) is 6.13. The number of likely N-dealkylation sites (tertiary alicyclic amines) is 2. The molecule has 148 valence electrons. The minimum atomic E-state index is 0.122. The molecule has 1 unspecified atom stereocenters. The molecule has 5 nitrogen and oxygen atoms in total. The predicted octanol–water partition coefficient (Wildman–Crippen LogP) is 3.08. The number of nitrogens with zero attached hydrogens (tertiary/aromatic N) is 3. The Morgan fingerprint density at radius 3 is 2.56 bits per heavy atom. The van der Waals surface area contributed by atoms with Gasteiger partial charge < -0.3 is 14.7 Å². The molecule has 1 atom stereocenters. The zero-order valence-corrected chi connectivity index (χ0v) is 17.0. The average Bonchev–Trinajstić information content (AvgIpc) is 3.34. The molecule has 0 aromatic carbocycles. The molecule has 6 heteroatoms. The normalized spacial score (nSPS) is 24.0. The summed E-state index contributed by atoms with van der Waals surface area (Å²) in [6.45, 7) is 5.63. The lowest BCUT2D eigenvalue weighted by Crippen LogP contribution is -2.55. The van der Waals surface area contributed by atoms with Gasteiger partial charge in [0.25, 0.3) is 5.91 Å². The molecule has 3 fully saturated rings. The monoisotopic (exact) mass is 389 g/mol. The van der Waals surface area contributed by atoms with E-state index in [1.807, 2.05) is 21.7 Å². The number of carbonyl (C=O) groups is 2. The van der Waals surface area contributed by atoms with Crippen LogP contribution in [0.4, 0.5) is 0 Å². The molecule has 1 aliphatic carbocycles. The lowest BCUT2D eigenvalue weighted by atomic mass is 9.83. The Hall–Kier alpha value is -1.40. The van der Waals surface area contributed by atoms with E-state index in [1.165, 1.54) is 32.4 Å². The Morgan fingerprint density at radius 2 is 1.89 bits per heavy atom. The zero-order chi connectivity index (χ0) is 18.6. The molecule has 0 spiro atoms. The highest BCUT2D eigenvalue weighted by Gasteiger charge is 2.36. The first kappa shape index (κ1) is 18.9. The molecule has 2 saturated heterocycles. The molecule has 3 heterocycles. The van der Waals surface area contributed by atoms with Gasteiger partial charge in [-0.1, -0.05) is 6.42 Å². The molecule has 0 bridgehead atoms. The second kappa shape index (κ2) is 8.74. The lowest BCUT2D eigenvalue weighted by Gasteiger charge is -2.42. The van der Waals surface area contributed by atoms with E-state index in [4.69, 9.17) is 0 Å². The predicted molar refractivity (Wildman–Crippen MR) is 108 cm³/mol. The van der Waals surface area contributed by atoms with E-state index < -0.39 is 0 Å². The van der Waals surface area contributed by atoms with Crippen LogP contribution in [-0.2, 0) is 4.79 Å². The van der Waals surface area contributed by atoms with Crippen LogP contribution in [0.1, 0.15) is 55.3 Å². The van der Waals surface area contributed by atoms with Gasteiger partial charge in [-0.05, 0) is 63.1 Å². The smallest absolute Gasteiger partial charge is 0.254 e. The summed E-state index contributed by atoms with van der Waals surface area (Å²) in [5.41, 5.74) is 0.787. The van der Waals surface area contributed by atoms with Crippen molar-refractivity contribution in [3.05, 3.63) is 22.4 Å². The van der Waals surface area contributed by atoms with Gasteiger partial charge in [0.05, 0.1) is 5.56 Å². The Balaban J connectivity index is 1.42. The van der Waals surface area contributed by atoms with E-state index in [0.29, 0.717) is 12.5 Å². The summed E-state index contributed by atoms with van der Waals surface area (Å²) in [5, 5.41) is 3.88. The minimum absolute atomic E-state index is 0.122. The number of rotatable bonds is 6.